The van der Waals surface area contributed by atoms with Gasteiger partial charge in [-0.3, -0.25) is 14.3 Å². The Hall–Kier alpha value is -3.92. The SMILES string of the molecule is Cc1nc2c3ccccc3nc(SCCC(=O)Nc3c(C)n(C)n(-c4ccccc4)c3=O)n2n1. The maximum absolute atomic E-state index is 13.0. The molecule has 3 heterocycles. The van der Waals surface area contributed by atoms with Gasteiger partial charge in [-0.15, -0.1) is 5.10 Å². The molecule has 0 saturated heterocycles. The number of anilines is 1. The number of fused-ring (bicyclic) bond motifs is 3. The van der Waals surface area contributed by atoms with E-state index in [1.54, 1.807) is 20.9 Å². The van der Waals surface area contributed by atoms with E-state index in [9.17, 15) is 9.59 Å². The van der Waals surface area contributed by atoms with Gasteiger partial charge in [-0.25, -0.2) is 14.6 Å². The van der Waals surface area contributed by atoms with Crippen molar-refractivity contribution in [2.45, 2.75) is 25.4 Å². The number of rotatable bonds is 6. The molecule has 5 rings (SSSR count). The van der Waals surface area contributed by atoms with Crippen molar-refractivity contribution in [2.24, 2.45) is 7.05 Å². The Labute approximate surface area is 199 Å². The number of hydrogen-bond donors (Lipinski definition) is 1. The lowest BCUT2D eigenvalue weighted by molar-refractivity contribution is -0.115. The van der Waals surface area contributed by atoms with Gasteiger partial charge in [0.05, 0.1) is 16.9 Å². The van der Waals surface area contributed by atoms with Crippen LogP contribution >= 0.6 is 11.8 Å². The van der Waals surface area contributed by atoms with Crippen LogP contribution in [0.4, 0.5) is 5.69 Å². The van der Waals surface area contributed by atoms with Crippen molar-refractivity contribution in [3.63, 3.8) is 0 Å². The van der Waals surface area contributed by atoms with E-state index in [0.29, 0.717) is 28.1 Å². The summed E-state index contributed by atoms with van der Waals surface area (Å²) in [4.78, 5) is 35.0. The molecular weight excluding hydrogens is 450 g/mol. The van der Waals surface area contributed by atoms with Gasteiger partial charge in [0.15, 0.2) is 10.8 Å². The maximum atomic E-state index is 13.0. The topological polar surface area (TPSA) is 99.1 Å². The fraction of sp³-hybridized carbons (Fsp3) is 0.208. The summed E-state index contributed by atoms with van der Waals surface area (Å²) in [6.07, 6.45) is 0.216. The van der Waals surface area contributed by atoms with Crippen LogP contribution in [-0.4, -0.2) is 40.6 Å². The highest BCUT2D eigenvalue weighted by atomic mass is 32.2. The largest absolute Gasteiger partial charge is 0.320 e. The summed E-state index contributed by atoms with van der Waals surface area (Å²) in [6, 6.07) is 17.1. The number of carbonyl (C=O) groups is 1. The molecule has 0 fully saturated rings. The molecule has 0 bridgehead atoms. The molecule has 9 nitrogen and oxygen atoms in total. The molecule has 3 aromatic heterocycles. The van der Waals surface area contributed by atoms with E-state index >= 15 is 0 Å². The van der Waals surface area contributed by atoms with Crippen LogP contribution in [0.3, 0.4) is 0 Å². The zero-order valence-corrected chi connectivity index (χ0v) is 19.8. The number of nitrogens with zero attached hydrogens (tertiary/aromatic N) is 6. The molecular formula is C24H23N7O2S. The van der Waals surface area contributed by atoms with Gasteiger partial charge >= 0.3 is 0 Å². The molecule has 172 valence electrons. The van der Waals surface area contributed by atoms with Crippen molar-refractivity contribution in [3.05, 3.63) is 76.5 Å². The second kappa shape index (κ2) is 8.79. The molecule has 0 radical (unpaired) electrons. The molecule has 2 aromatic carbocycles. The van der Waals surface area contributed by atoms with E-state index < -0.39 is 0 Å². The van der Waals surface area contributed by atoms with E-state index in [4.69, 9.17) is 4.98 Å². The lowest BCUT2D eigenvalue weighted by Gasteiger charge is -2.07. The second-order valence-corrected chi connectivity index (χ2v) is 8.95. The summed E-state index contributed by atoms with van der Waals surface area (Å²) in [6.45, 7) is 3.65. The molecule has 0 aliphatic rings. The van der Waals surface area contributed by atoms with Crippen LogP contribution in [0, 0.1) is 13.8 Å². The molecule has 0 atom stereocenters. The molecule has 5 aromatic rings. The van der Waals surface area contributed by atoms with E-state index in [1.165, 1.54) is 11.8 Å². The first-order valence-electron chi connectivity index (χ1n) is 10.8. The average molecular weight is 474 g/mol. The van der Waals surface area contributed by atoms with Crippen molar-refractivity contribution >= 4 is 39.9 Å². The Morgan fingerprint density at radius 2 is 1.76 bits per heavy atom. The predicted molar refractivity (Wildman–Crippen MR) is 133 cm³/mol. The molecule has 0 saturated carbocycles. The lowest BCUT2D eigenvalue weighted by atomic mass is 10.2. The Bertz CT molecular complexity index is 1580. The summed E-state index contributed by atoms with van der Waals surface area (Å²) >= 11 is 1.43. The lowest BCUT2D eigenvalue weighted by Crippen LogP contribution is -2.23. The van der Waals surface area contributed by atoms with Crippen LogP contribution in [0.2, 0.25) is 0 Å². The Balaban J connectivity index is 1.33. The van der Waals surface area contributed by atoms with Gasteiger partial charge in [0.25, 0.3) is 5.56 Å². The zero-order chi connectivity index (χ0) is 23.8. The number of benzene rings is 2. The number of aromatic nitrogens is 6. The average Bonchev–Trinajstić information content (AvgIpc) is 3.33. The smallest absolute Gasteiger partial charge is 0.295 e. The summed E-state index contributed by atoms with van der Waals surface area (Å²) < 4.78 is 5.01. The standard InChI is InChI=1S/C24H23N7O2S/c1-15-21(23(33)31(29(15)3)17-9-5-4-6-10-17)27-20(32)13-14-34-24-26-19-12-8-7-11-18(19)22-25-16(2)28-30(22)24/h4-12H,13-14H2,1-3H3,(H,27,32). The Kier molecular flexibility index (Phi) is 5.66. The van der Waals surface area contributed by atoms with Crippen LogP contribution in [0.1, 0.15) is 17.9 Å². The van der Waals surface area contributed by atoms with Gasteiger partial charge in [-0.2, -0.15) is 4.52 Å². The first kappa shape index (κ1) is 21.9. The zero-order valence-electron chi connectivity index (χ0n) is 19.0. The van der Waals surface area contributed by atoms with Crippen molar-refractivity contribution in [2.75, 3.05) is 11.1 Å². The molecule has 1 amide bonds. The molecule has 0 aliphatic carbocycles. The van der Waals surface area contributed by atoms with Crippen LogP contribution < -0.4 is 10.9 Å². The fourth-order valence-electron chi connectivity index (χ4n) is 3.88. The molecule has 10 heteroatoms. The minimum Gasteiger partial charge on any atom is -0.320 e. The Morgan fingerprint density at radius 1 is 1.03 bits per heavy atom. The highest BCUT2D eigenvalue weighted by Gasteiger charge is 2.18. The Morgan fingerprint density at radius 3 is 2.56 bits per heavy atom. The van der Waals surface area contributed by atoms with Gasteiger partial charge in [-0.05, 0) is 38.1 Å². The van der Waals surface area contributed by atoms with Gasteiger partial charge in [0.2, 0.25) is 5.91 Å². The quantitative estimate of drug-likeness (QED) is 0.299. The van der Waals surface area contributed by atoms with Crippen molar-refractivity contribution in [3.8, 4) is 5.69 Å². The fourth-order valence-corrected chi connectivity index (χ4v) is 4.76. The normalized spacial score (nSPS) is 11.4. The highest BCUT2D eigenvalue weighted by molar-refractivity contribution is 7.99. The molecule has 1 N–H and O–H groups in total. The maximum Gasteiger partial charge on any atom is 0.295 e. The van der Waals surface area contributed by atoms with Crippen molar-refractivity contribution < 1.29 is 4.79 Å². The molecule has 0 spiro atoms. The first-order chi connectivity index (χ1) is 16.4. The second-order valence-electron chi connectivity index (χ2n) is 7.89. The number of carbonyl (C=O) groups excluding carboxylic acids is 1. The summed E-state index contributed by atoms with van der Waals surface area (Å²) in [5.74, 6) is 0.904. The van der Waals surface area contributed by atoms with Gasteiger partial charge < -0.3 is 5.32 Å². The number of thioether (sulfide) groups is 1. The van der Waals surface area contributed by atoms with Gasteiger partial charge in [-0.1, -0.05) is 42.1 Å². The van der Waals surface area contributed by atoms with Crippen LogP contribution in [0.15, 0.2) is 64.5 Å². The van der Waals surface area contributed by atoms with Crippen LogP contribution in [0.5, 0.6) is 0 Å². The van der Waals surface area contributed by atoms with Crippen molar-refractivity contribution in [1.29, 1.82) is 0 Å². The monoisotopic (exact) mass is 473 g/mol. The van der Waals surface area contributed by atoms with E-state index in [1.807, 2.05) is 68.4 Å². The summed E-state index contributed by atoms with van der Waals surface area (Å²) in [5.41, 5.74) is 3.03. The molecule has 0 aliphatic heterocycles. The van der Waals surface area contributed by atoms with Gasteiger partial charge in [0.1, 0.15) is 11.5 Å². The summed E-state index contributed by atoms with van der Waals surface area (Å²) in [5, 5.41) is 8.87. The minimum atomic E-state index is -0.261. The van der Waals surface area contributed by atoms with E-state index in [2.05, 4.69) is 15.4 Å². The van der Waals surface area contributed by atoms with Crippen LogP contribution in [0.25, 0.3) is 22.2 Å². The van der Waals surface area contributed by atoms with Gasteiger partial charge in [0, 0.05) is 24.6 Å². The van der Waals surface area contributed by atoms with Crippen molar-refractivity contribution in [1.82, 2.24) is 28.9 Å². The third-order valence-corrected chi connectivity index (χ3v) is 6.56. The minimum absolute atomic E-state index is 0.216. The summed E-state index contributed by atoms with van der Waals surface area (Å²) in [7, 11) is 1.80. The number of para-hydroxylation sites is 2. The first-order valence-corrected chi connectivity index (χ1v) is 11.8. The van der Waals surface area contributed by atoms with E-state index in [-0.39, 0.29) is 17.9 Å². The number of nitrogens with one attached hydrogen (secondary N) is 1. The number of hydrogen-bond acceptors (Lipinski definition) is 6. The number of aryl methyl sites for hydroxylation is 1. The highest BCUT2D eigenvalue weighted by Crippen LogP contribution is 2.24. The third kappa shape index (κ3) is 3.86. The van der Waals surface area contributed by atoms with Crippen LogP contribution in [-0.2, 0) is 11.8 Å². The molecule has 34 heavy (non-hydrogen) atoms. The predicted octanol–water partition coefficient (Wildman–Crippen LogP) is 3.50. The molecule has 0 unspecified atom stereocenters. The third-order valence-electron chi connectivity index (χ3n) is 5.63. The number of amides is 1. The van der Waals surface area contributed by atoms with E-state index in [0.717, 1.165) is 22.2 Å².